The Kier molecular flexibility index (Phi) is 4.70. The Hall–Kier alpha value is -0.730. The summed E-state index contributed by atoms with van der Waals surface area (Å²) in [4.78, 5) is 3.95. The molecule has 1 aliphatic carbocycles. The van der Waals surface area contributed by atoms with Crippen molar-refractivity contribution in [1.82, 2.24) is 9.29 Å². The molecule has 1 aromatic heterocycles. The average molecular weight is 347 g/mol. The highest BCUT2D eigenvalue weighted by Gasteiger charge is 2.42. The van der Waals surface area contributed by atoms with Crippen LogP contribution in [0.25, 0.3) is 0 Å². The predicted molar refractivity (Wildman–Crippen MR) is 81.1 cm³/mol. The SMILES string of the molecule is O=S(=O)(c1cncc(Cl)c1)N1CCOC[C@@H]1[C@@H]1CCC[C@H]1O. The second-order valence-corrected chi connectivity index (χ2v) is 8.09. The molecule has 1 saturated carbocycles. The van der Waals surface area contributed by atoms with Gasteiger partial charge in [0.15, 0.2) is 0 Å². The van der Waals surface area contributed by atoms with E-state index in [0.29, 0.717) is 19.6 Å². The third-order valence-corrected chi connectivity index (χ3v) is 6.52. The van der Waals surface area contributed by atoms with Crippen LogP contribution < -0.4 is 0 Å². The molecule has 3 atom stereocenters. The number of nitrogens with zero attached hydrogens (tertiary/aromatic N) is 2. The van der Waals surface area contributed by atoms with Gasteiger partial charge in [-0.25, -0.2) is 8.42 Å². The van der Waals surface area contributed by atoms with Crippen LogP contribution in [0, 0.1) is 5.92 Å². The van der Waals surface area contributed by atoms with E-state index in [1.165, 1.54) is 22.8 Å². The lowest BCUT2D eigenvalue weighted by atomic mass is 9.96. The van der Waals surface area contributed by atoms with Crippen molar-refractivity contribution in [2.45, 2.75) is 36.3 Å². The minimum atomic E-state index is -3.70. The van der Waals surface area contributed by atoms with Crippen LogP contribution in [-0.2, 0) is 14.8 Å². The summed E-state index contributed by atoms with van der Waals surface area (Å²) in [7, 11) is -3.70. The maximum Gasteiger partial charge on any atom is 0.245 e. The van der Waals surface area contributed by atoms with Crippen molar-refractivity contribution in [3.8, 4) is 0 Å². The van der Waals surface area contributed by atoms with Crippen LogP contribution in [0.4, 0.5) is 0 Å². The second kappa shape index (κ2) is 6.41. The lowest BCUT2D eigenvalue weighted by Crippen LogP contribution is -2.53. The maximum absolute atomic E-state index is 12.9. The van der Waals surface area contributed by atoms with Crippen LogP contribution in [0.3, 0.4) is 0 Å². The minimum Gasteiger partial charge on any atom is -0.393 e. The highest BCUT2D eigenvalue weighted by atomic mass is 35.5. The molecular formula is C14H19ClN2O4S. The van der Waals surface area contributed by atoms with Crippen molar-refractivity contribution >= 4 is 21.6 Å². The normalized spacial score (nSPS) is 30.5. The summed E-state index contributed by atoms with van der Waals surface area (Å²) in [5.74, 6) is -0.0813. The Morgan fingerprint density at radius 2 is 2.18 bits per heavy atom. The average Bonchev–Trinajstić information content (AvgIpc) is 2.93. The molecule has 1 N–H and O–H groups in total. The van der Waals surface area contributed by atoms with Gasteiger partial charge in [-0.15, -0.1) is 0 Å². The summed E-state index contributed by atoms with van der Waals surface area (Å²) in [6, 6.07) is 1.07. The highest BCUT2D eigenvalue weighted by Crippen LogP contribution is 2.34. The summed E-state index contributed by atoms with van der Waals surface area (Å²) in [5, 5.41) is 10.4. The minimum absolute atomic E-state index is 0.0813. The molecule has 0 radical (unpaired) electrons. The quantitative estimate of drug-likeness (QED) is 0.892. The van der Waals surface area contributed by atoms with Gasteiger partial charge in [-0.3, -0.25) is 4.98 Å². The number of aromatic nitrogens is 1. The molecule has 0 bridgehead atoms. The molecule has 22 heavy (non-hydrogen) atoms. The van der Waals surface area contributed by atoms with Crippen molar-refractivity contribution in [3.63, 3.8) is 0 Å². The zero-order chi connectivity index (χ0) is 15.7. The number of sulfonamides is 1. The summed E-state index contributed by atoms with van der Waals surface area (Å²) in [6.45, 7) is 0.949. The smallest absolute Gasteiger partial charge is 0.245 e. The third kappa shape index (κ3) is 3.00. The van der Waals surface area contributed by atoms with Gasteiger partial charge in [0, 0.05) is 24.9 Å². The number of pyridine rings is 1. The summed E-state index contributed by atoms with van der Waals surface area (Å²) >= 11 is 5.87. The summed E-state index contributed by atoms with van der Waals surface area (Å²) in [6.07, 6.45) is 4.68. The fourth-order valence-electron chi connectivity index (χ4n) is 3.33. The van der Waals surface area contributed by atoms with Crippen LogP contribution in [0.5, 0.6) is 0 Å². The molecular weight excluding hydrogens is 328 g/mol. The number of hydrogen-bond donors (Lipinski definition) is 1. The number of ether oxygens (including phenoxy) is 1. The highest BCUT2D eigenvalue weighted by molar-refractivity contribution is 7.89. The van der Waals surface area contributed by atoms with Crippen molar-refractivity contribution in [1.29, 1.82) is 0 Å². The van der Waals surface area contributed by atoms with Crippen LogP contribution in [0.2, 0.25) is 5.02 Å². The molecule has 0 aromatic carbocycles. The van der Waals surface area contributed by atoms with Gasteiger partial charge < -0.3 is 9.84 Å². The fourth-order valence-corrected chi connectivity index (χ4v) is 5.20. The van der Waals surface area contributed by atoms with E-state index < -0.39 is 16.1 Å². The van der Waals surface area contributed by atoms with E-state index in [9.17, 15) is 13.5 Å². The lowest BCUT2D eigenvalue weighted by Gasteiger charge is -2.38. The topological polar surface area (TPSA) is 79.7 Å². The zero-order valence-corrected chi connectivity index (χ0v) is 13.6. The Balaban J connectivity index is 1.92. The molecule has 3 rings (SSSR count). The molecule has 122 valence electrons. The van der Waals surface area contributed by atoms with E-state index in [-0.39, 0.29) is 28.4 Å². The van der Waals surface area contributed by atoms with E-state index in [2.05, 4.69) is 4.98 Å². The number of aliphatic hydroxyl groups excluding tert-OH is 1. The number of halogens is 1. The summed E-state index contributed by atoms with van der Waals surface area (Å²) < 4.78 is 32.7. The number of rotatable bonds is 3. The molecule has 8 heteroatoms. The van der Waals surface area contributed by atoms with Gasteiger partial charge in [0.05, 0.1) is 30.4 Å². The first-order chi connectivity index (χ1) is 10.5. The molecule has 1 aliphatic heterocycles. The van der Waals surface area contributed by atoms with Crippen molar-refractivity contribution in [2.75, 3.05) is 19.8 Å². The first kappa shape index (κ1) is 16.1. The zero-order valence-electron chi connectivity index (χ0n) is 12.1. The molecule has 1 saturated heterocycles. The second-order valence-electron chi connectivity index (χ2n) is 5.76. The fraction of sp³-hybridized carbons (Fsp3) is 0.643. The van der Waals surface area contributed by atoms with E-state index in [4.69, 9.17) is 16.3 Å². The maximum atomic E-state index is 12.9. The molecule has 0 unspecified atom stereocenters. The monoisotopic (exact) mass is 346 g/mol. The number of morpholine rings is 1. The van der Waals surface area contributed by atoms with Gasteiger partial charge in [-0.1, -0.05) is 18.0 Å². The van der Waals surface area contributed by atoms with Crippen molar-refractivity contribution in [3.05, 3.63) is 23.5 Å². The molecule has 2 aliphatic rings. The predicted octanol–water partition coefficient (Wildman–Crippen LogP) is 1.29. The number of hydrogen-bond acceptors (Lipinski definition) is 5. The van der Waals surface area contributed by atoms with Gasteiger partial charge >= 0.3 is 0 Å². The van der Waals surface area contributed by atoms with Crippen molar-refractivity contribution in [2.24, 2.45) is 5.92 Å². The van der Waals surface area contributed by atoms with E-state index in [1.807, 2.05) is 0 Å². The van der Waals surface area contributed by atoms with Crippen LogP contribution >= 0.6 is 11.6 Å². The first-order valence-electron chi connectivity index (χ1n) is 7.38. The van der Waals surface area contributed by atoms with Crippen LogP contribution in [-0.4, -0.2) is 54.7 Å². The van der Waals surface area contributed by atoms with E-state index in [0.717, 1.165) is 12.8 Å². The standard InChI is InChI=1S/C14H19ClN2O4S/c15-10-6-11(8-16-7-10)22(19,20)17-4-5-21-9-13(17)12-2-1-3-14(12)18/h6-8,12-14,18H,1-5,9H2/t12-,13+,14+/m0/s1. The third-order valence-electron chi connectivity index (χ3n) is 4.43. The van der Waals surface area contributed by atoms with E-state index in [1.54, 1.807) is 0 Å². The molecule has 2 fully saturated rings. The molecule has 1 aromatic rings. The molecule has 0 spiro atoms. The van der Waals surface area contributed by atoms with Gasteiger partial charge in [0.2, 0.25) is 10.0 Å². The van der Waals surface area contributed by atoms with Crippen LogP contribution in [0.1, 0.15) is 19.3 Å². The largest absolute Gasteiger partial charge is 0.393 e. The Labute approximate surface area is 135 Å². The Morgan fingerprint density at radius 1 is 1.36 bits per heavy atom. The first-order valence-corrected chi connectivity index (χ1v) is 9.20. The Morgan fingerprint density at radius 3 is 2.86 bits per heavy atom. The van der Waals surface area contributed by atoms with Crippen molar-refractivity contribution < 1.29 is 18.3 Å². The van der Waals surface area contributed by atoms with Gasteiger partial charge in [-0.05, 0) is 18.9 Å². The lowest BCUT2D eigenvalue weighted by molar-refractivity contribution is -0.0148. The molecule has 2 heterocycles. The van der Waals surface area contributed by atoms with Gasteiger partial charge in [0.25, 0.3) is 0 Å². The molecule has 6 nitrogen and oxygen atoms in total. The van der Waals surface area contributed by atoms with Gasteiger partial charge in [-0.2, -0.15) is 4.31 Å². The van der Waals surface area contributed by atoms with Gasteiger partial charge in [0.1, 0.15) is 4.90 Å². The van der Waals surface area contributed by atoms with Crippen LogP contribution in [0.15, 0.2) is 23.4 Å². The molecule has 0 amide bonds. The number of aliphatic hydroxyl groups is 1. The Bertz CT molecular complexity index is 639. The summed E-state index contributed by atoms with van der Waals surface area (Å²) in [5.41, 5.74) is 0. The van der Waals surface area contributed by atoms with E-state index >= 15 is 0 Å².